The molecule has 1 aliphatic heterocycles. The van der Waals surface area contributed by atoms with Gasteiger partial charge in [0.1, 0.15) is 12.4 Å². The van der Waals surface area contributed by atoms with Gasteiger partial charge in [0.2, 0.25) is 0 Å². The van der Waals surface area contributed by atoms with Gasteiger partial charge in [0.15, 0.2) is 5.96 Å². The summed E-state index contributed by atoms with van der Waals surface area (Å²) in [4.78, 5) is 11.5. The van der Waals surface area contributed by atoms with Crippen molar-refractivity contribution < 1.29 is 9.47 Å². The highest BCUT2D eigenvalue weighted by molar-refractivity contribution is 14.0. The van der Waals surface area contributed by atoms with E-state index in [4.69, 9.17) is 14.5 Å². The molecule has 1 aromatic carbocycles. The van der Waals surface area contributed by atoms with Gasteiger partial charge >= 0.3 is 0 Å². The molecule has 3 rings (SSSR count). The number of aliphatic imine (C=N–C) groups is 1. The van der Waals surface area contributed by atoms with Crippen LogP contribution in [0.4, 0.5) is 0 Å². The largest absolute Gasteiger partial charge is 0.487 e. The fourth-order valence-corrected chi connectivity index (χ4v) is 3.39. The number of halogens is 1. The first-order valence-electron chi connectivity index (χ1n) is 10.5. The van der Waals surface area contributed by atoms with Gasteiger partial charge in [-0.2, -0.15) is 0 Å². The van der Waals surface area contributed by atoms with E-state index in [-0.39, 0.29) is 24.0 Å². The minimum Gasteiger partial charge on any atom is -0.487 e. The molecule has 1 saturated heterocycles. The van der Waals surface area contributed by atoms with Crippen LogP contribution < -0.4 is 10.1 Å². The Bertz CT molecular complexity index is 748. The lowest BCUT2D eigenvalue weighted by atomic mass is 10.1. The number of nitrogens with zero attached hydrogens (tertiary/aromatic N) is 3. The smallest absolute Gasteiger partial charge is 0.194 e. The first kappa shape index (κ1) is 24.4. The third kappa shape index (κ3) is 7.75. The summed E-state index contributed by atoms with van der Waals surface area (Å²) >= 11 is 0. The Morgan fingerprint density at radius 1 is 1.13 bits per heavy atom. The van der Waals surface area contributed by atoms with Crippen LogP contribution in [0.1, 0.15) is 37.9 Å². The second-order valence-electron chi connectivity index (χ2n) is 7.07. The Hall–Kier alpha value is -1.87. The maximum Gasteiger partial charge on any atom is 0.194 e. The molecular weight excluding hydrogens is 491 g/mol. The highest BCUT2D eigenvalue weighted by Gasteiger charge is 2.21. The third-order valence-electron chi connectivity index (χ3n) is 4.93. The van der Waals surface area contributed by atoms with Crippen LogP contribution in [0.5, 0.6) is 5.75 Å². The lowest BCUT2D eigenvalue weighted by Gasteiger charge is -2.34. The molecule has 1 N–H and O–H groups in total. The van der Waals surface area contributed by atoms with Crippen molar-refractivity contribution in [1.29, 1.82) is 0 Å². The number of likely N-dealkylation sites (tertiary alicyclic amines) is 1. The van der Waals surface area contributed by atoms with E-state index >= 15 is 0 Å². The van der Waals surface area contributed by atoms with Crippen LogP contribution in [-0.2, 0) is 17.9 Å². The fraction of sp³-hybridized carbons (Fsp3) is 0.478. The highest BCUT2D eigenvalue weighted by Crippen LogP contribution is 2.16. The van der Waals surface area contributed by atoms with Crippen LogP contribution in [0, 0.1) is 0 Å². The molecule has 0 atom stereocenters. The van der Waals surface area contributed by atoms with E-state index in [2.05, 4.69) is 41.2 Å². The van der Waals surface area contributed by atoms with Gasteiger partial charge in [-0.15, -0.1) is 24.0 Å². The van der Waals surface area contributed by atoms with Crippen LogP contribution in [0.25, 0.3) is 0 Å². The highest BCUT2D eigenvalue weighted by atomic mass is 127. The van der Waals surface area contributed by atoms with Gasteiger partial charge in [0.25, 0.3) is 0 Å². The van der Waals surface area contributed by atoms with Crippen molar-refractivity contribution >= 4 is 29.9 Å². The average Bonchev–Trinajstić information content (AvgIpc) is 2.77. The summed E-state index contributed by atoms with van der Waals surface area (Å²) in [5.41, 5.74) is 2.08. The quantitative estimate of drug-likeness (QED) is 0.318. The Kier molecular flexibility index (Phi) is 10.9. The third-order valence-corrected chi connectivity index (χ3v) is 4.93. The van der Waals surface area contributed by atoms with Crippen molar-refractivity contribution in [3.63, 3.8) is 0 Å². The summed E-state index contributed by atoms with van der Waals surface area (Å²) in [6.45, 7) is 8.91. The maximum atomic E-state index is 5.81. The maximum absolute atomic E-state index is 5.81. The van der Waals surface area contributed by atoms with Crippen molar-refractivity contribution in [2.24, 2.45) is 4.99 Å². The number of aromatic nitrogens is 1. The number of guanidine groups is 1. The summed E-state index contributed by atoms with van der Waals surface area (Å²) in [6.07, 6.45) is 4.28. The van der Waals surface area contributed by atoms with E-state index in [9.17, 15) is 0 Å². The molecule has 1 aromatic heterocycles. The lowest BCUT2D eigenvalue weighted by molar-refractivity contribution is 0.0263. The van der Waals surface area contributed by atoms with E-state index in [1.807, 2.05) is 30.3 Å². The predicted molar refractivity (Wildman–Crippen MR) is 131 cm³/mol. The summed E-state index contributed by atoms with van der Waals surface area (Å²) in [5.74, 6) is 1.83. The number of rotatable bonds is 8. The van der Waals surface area contributed by atoms with E-state index in [1.54, 1.807) is 6.20 Å². The van der Waals surface area contributed by atoms with E-state index in [0.717, 1.165) is 62.0 Å². The van der Waals surface area contributed by atoms with Crippen LogP contribution >= 0.6 is 24.0 Å². The molecule has 0 saturated carbocycles. The average molecular weight is 524 g/mol. The zero-order chi connectivity index (χ0) is 20.3. The molecule has 2 aromatic rings. The van der Waals surface area contributed by atoms with Gasteiger partial charge in [0, 0.05) is 32.4 Å². The number of pyridine rings is 1. The standard InChI is InChI=1S/C23H32N4O2.HI/c1-3-24-23(27-15-12-22(13-16-27)28-4-2)26-17-19-8-10-21(11-9-19)29-18-20-7-5-6-14-25-20;/h5-11,14,22H,3-4,12-13,15-18H2,1-2H3,(H,24,26);1H. The topological polar surface area (TPSA) is 59.0 Å². The van der Waals surface area contributed by atoms with Crippen molar-refractivity contribution in [1.82, 2.24) is 15.2 Å². The van der Waals surface area contributed by atoms with Gasteiger partial charge in [-0.25, -0.2) is 4.99 Å². The number of benzene rings is 1. The molecule has 6 nitrogen and oxygen atoms in total. The number of hydrogen-bond acceptors (Lipinski definition) is 4. The van der Waals surface area contributed by atoms with Gasteiger partial charge in [0.05, 0.1) is 18.3 Å². The van der Waals surface area contributed by atoms with Gasteiger partial charge in [-0.1, -0.05) is 18.2 Å². The Balaban J connectivity index is 0.00000320. The molecule has 0 bridgehead atoms. The summed E-state index contributed by atoms with van der Waals surface area (Å²) in [5, 5.41) is 3.42. The normalized spacial score (nSPS) is 14.9. The Labute approximate surface area is 197 Å². The molecule has 2 heterocycles. The number of hydrogen-bond donors (Lipinski definition) is 1. The van der Waals surface area contributed by atoms with Crippen molar-refractivity contribution in [3.8, 4) is 5.75 Å². The van der Waals surface area contributed by atoms with Crippen molar-refractivity contribution in [3.05, 3.63) is 59.9 Å². The zero-order valence-electron chi connectivity index (χ0n) is 17.9. The lowest BCUT2D eigenvalue weighted by Crippen LogP contribution is -2.47. The molecule has 1 fully saturated rings. The van der Waals surface area contributed by atoms with E-state index in [0.29, 0.717) is 19.3 Å². The van der Waals surface area contributed by atoms with Crippen LogP contribution in [0.3, 0.4) is 0 Å². The molecular formula is C23H33IN4O2. The minimum atomic E-state index is 0. The fourth-order valence-electron chi connectivity index (χ4n) is 3.39. The van der Waals surface area contributed by atoms with E-state index in [1.165, 1.54) is 0 Å². The molecule has 0 amide bonds. The Morgan fingerprint density at radius 3 is 2.53 bits per heavy atom. The first-order chi connectivity index (χ1) is 14.3. The molecule has 7 heteroatoms. The summed E-state index contributed by atoms with van der Waals surface area (Å²) in [7, 11) is 0. The SMILES string of the molecule is CCNC(=NCc1ccc(OCc2ccccn2)cc1)N1CCC(OCC)CC1.I. The molecule has 0 aliphatic carbocycles. The number of piperidine rings is 1. The first-order valence-corrected chi connectivity index (χ1v) is 10.5. The monoisotopic (exact) mass is 524 g/mol. The van der Waals surface area contributed by atoms with Gasteiger partial charge in [-0.3, -0.25) is 4.98 Å². The van der Waals surface area contributed by atoms with Crippen LogP contribution in [0.2, 0.25) is 0 Å². The van der Waals surface area contributed by atoms with Crippen LogP contribution in [0.15, 0.2) is 53.7 Å². The van der Waals surface area contributed by atoms with Crippen LogP contribution in [-0.4, -0.2) is 48.2 Å². The summed E-state index contributed by atoms with van der Waals surface area (Å²) < 4.78 is 11.6. The molecule has 1 aliphatic rings. The number of ether oxygens (including phenoxy) is 2. The number of nitrogens with one attached hydrogen (secondary N) is 1. The van der Waals surface area contributed by atoms with Crippen molar-refractivity contribution in [2.75, 3.05) is 26.2 Å². The van der Waals surface area contributed by atoms with Gasteiger partial charge < -0.3 is 19.7 Å². The molecule has 30 heavy (non-hydrogen) atoms. The molecule has 0 unspecified atom stereocenters. The molecule has 164 valence electrons. The molecule has 0 spiro atoms. The predicted octanol–water partition coefficient (Wildman–Crippen LogP) is 4.25. The second-order valence-corrected chi connectivity index (χ2v) is 7.07. The zero-order valence-corrected chi connectivity index (χ0v) is 20.2. The molecule has 0 radical (unpaired) electrons. The summed E-state index contributed by atoms with van der Waals surface area (Å²) in [6, 6.07) is 14.0. The second kappa shape index (κ2) is 13.4. The van der Waals surface area contributed by atoms with E-state index < -0.39 is 0 Å². The van der Waals surface area contributed by atoms with Crippen molar-refractivity contribution in [2.45, 2.75) is 45.9 Å². The Morgan fingerprint density at radius 2 is 1.90 bits per heavy atom. The van der Waals surface area contributed by atoms with Gasteiger partial charge in [-0.05, 0) is 56.5 Å². The minimum absolute atomic E-state index is 0.